The Morgan fingerprint density at radius 1 is 1.26 bits per heavy atom. The van der Waals surface area contributed by atoms with Gasteiger partial charge in [0, 0.05) is 37.6 Å². The van der Waals surface area contributed by atoms with Crippen LogP contribution in [0.2, 0.25) is 0 Å². The molecule has 1 aliphatic rings. The second-order valence-corrected chi connectivity index (χ2v) is 6.24. The summed E-state index contributed by atoms with van der Waals surface area (Å²) in [5, 5.41) is 14.8. The number of carbonyl (C=O) groups excluding carboxylic acids is 1. The van der Waals surface area contributed by atoms with Crippen LogP contribution in [0.15, 0.2) is 30.3 Å². The zero-order chi connectivity index (χ0) is 19.1. The van der Waals surface area contributed by atoms with E-state index >= 15 is 0 Å². The van der Waals surface area contributed by atoms with Gasteiger partial charge in [0.05, 0.1) is 24.8 Å². The van der Waals surface area contributed by atoms with Crippen LogP contribution in [-0.2, 0) is 4.74 Å². The molecule has 1 aromatic heterocycles. The molecule has 8 heteroatoms. The summed E-state index contributed by atoms with van der Waals surface area (Å²) >= 11 is 0. The first-order valence-corrected chi connectivity index (χ1v) is 8.85. The quantitative estimate of drug-likeness (QED) is 0.798. The average Bonchev–Trinajstić information content (AvgIpc) is 2.69. The number of nitrogens with one attached hydrogen (secondary N) is 2. The predicted octanol–water partition coefficient (Wildman–Crippen LogP) is 1.46. The molecular formula is C19H22N6O2. The largest absolute Gasteiger partial charge is 0.379 e. The molecule has 0 bridgehead atoms. The fourth-order valence-electron chi connectivity index (χ4n) is 2.74. The number of nitriles is 1. The number of anilines is 2. The molecule has 0 aliphatic carbocycles. The molecule has 1 aliphatic heterocycles. The Morgan fingerprint density at radius 2 is 2.00 bits per heavy atom. The first-order valence-electron chi connectivity index (χ1n) is 8.85. The van der Waals surface area contributed by atoms with Gasteiger partial charge in [0.15, 0.2) is 0 Å². The maximum atomic E-state index is 12.4. The van der Waals surface area contributed by atoms with Crippen molar-refractivity contribution < 1.29 is 9.53 Å². The lowest BCUT2D eigenvalue weighted by atomic mass is 10.2. The van der Waals surface area contributed by atoms with E-state index in [2.05, 4.69) is 31.6 Å². The first kappa shape index (κ1) is 18.8. The number of amides is 1. The van der Waals surface area contributed by atoms with E-state index in [4.69, 9.17) is 10.00 Å². The van der Waals surface area contributed by atoms with Crippen LogP contribution in [-0.4, -0.2) is 60.2 Å². The van der Waals surface area contributed by atoms with Crippen LogP contribution in [0, 0.1) is 18.3 Å². The number of nitrogens with zero attached hydrogens (tertiary/aromatic N) is 4. The third-order valence-electron chi connectivity index (χ3n) is 4.17. The highest BCUT2D eigenvalue weighted by molar-refractivity contribution is 5.92. The second-order valence-electron chi connectivity index (χ2n) is 6.24. The number of ether oxygens (including phenoxy) is 1. The van der Waals surface area contributed by atoms with Gasteiger partial charge in [-0.3, -0.25) is 9.69 Å². The number of aromatic nitrogens is 2. The Bertz CT molecular complexity index is 825. The van der Waals surface area contributed by atoms with Crippen molar-refractivity contribution >= 4 is 17.5 Å². The van der Waals surface area contributed by atoms with Gasteiger partial charge >= 0.3 is 0 Å². The zero-order valence-corrected chi connectivity index (χ0v) is 15.2. The molecule has 140 valence electrons. The molecule has 0 unspecified atom stereocenters. The smallest absolute Gasteiger partial charge is 0.270 e. The molecule has 0 saturated carbocycles. The van der Waals surface area contributed by atoms with Crippen molar-refractivity contribution in [2.24, 2.45) is 0 Å². The molecule has 3 rings (SSSR count). The minimum absolute atomic E-state index is 0.225. The summed E-state index contributed by atoms with van der Waals surface area (Å²) in [5.74, 6) is 0.120. The molecule has 8 nitrogen and oxygen atoms in total. The van der Waals surface area contributed by atoms with Gasteiger partial charge in [-0.15, -0.1) is 0 Å². The number of rotatable bonds is 6. The average molecular weight is 366 g/mol. The van der Waals surface area contributed by atoms with Crippen LogP contribution in [0.4, 0.5) is 11.6 Å². The van der Waals surface area contributed by atoms with Gasteiger partial charge in [-0.2, -0.15) is 5.26 Å². The molecule has 2 heterocycles. The Balaban J connectivity index is 1.59. The van der Waals surface area contributed by atoms with Crippen LogP contribution in [0.3, 0.4) is 0 Å². The normalized spacial score (nSPS) is 14.4. The number of hydrogen-bond donors (Lipinski definition) is 2. The van der Waals surface area contributed by atoms with E-state index in [9.17, 15) is 4.79 Å². The number of hydrogen-bond acceptors (Lipinski definition) is 7. The molecule has 1 amide bonds. The standard InChI is InChI=1S/C19H22N6O2/c1-14-12-17(18(26)21-6-7-25-8-10-27-11-9-25)24-19(22-14)23-16-4-2-15(13-20)3-5-16/h2-5,12H,6-11H2,1H3,(H,21,26)(H,22,23,24). The molecule has 1 aromatic carbocycles. The van der Waals surface area contributed by atoms with Gasteiger partial charge in [-0.05, 0) is 37.3 Å². The van der Waals surface area contributed by atoms with Crippen molar-refractivity contribution in [1.29, 1.82) is 5.26 Å². The summed E-state index contributed by atoms with van der Waals surface area (Å²) in [6.07, 6.45) is 0. The first-order chi connectivity index (χ1) is 13.1. The summed E-state index contributed by atoms with van der Waals surface area (Å²) in [5.41, 5.74) is 2.34. The van der Waals surface area contributed by atoms with Crippen molar-refractivity contribution in [3.8, 4) is 6.07 Å². The number of aryl methyl sites for hydroxylation is 1. The molecule has 2 aromatic rings. The summed E-state index contributed by atoms with van der Waals surface area (Å²) in [6.45, 7) is 6.42. The van der Waals surface area contributed by atoms with E-state index in [1.165, 1.54) is 0 Å². The summed E-state index contributed by atoms with van der Waals surface area (Å²) in [6, 6.07) is 10.7. The van der Waals surface area contributed by atoms with Crippen LogP contribution in [0.1, 0.15) is 21.7 Å². The maximum absolute atomic E-state index is 12.4. The second kappa shape index (κ2) is 9.07. The molecule has 0 atom stereocenters. The molecule has 2 N–H and O–H groups in total. The molecule has 27 heavy (non-hydrogen) atoms. The summed E-state index contributed by atoms with van der Waals surface area (Å²) < 4.78 is 5.32. The Morgan fingerprint density at radius 3 is 2.70 bits per heavy atom. The Hall–Kier alpha value is -3.02. The highest BCUT2D eigenvalue weighted by atomic mass is 16.5. The topological polar surface area (TPSA) is 103 Å². The lowest BCUT2D eigenvalue weighted by Crippen LogP contribution is -2.41. The van der Waals surface area contributed by atoms with E-state index in [0.717, 1.165) is 38.5 Å². The van der Waals surface area contributed by atoms with Crippen LogP contribution in [0.25, 0.3) is 0 Å². The lowest BCUT2D eigenvalue weighted by Gasteiger charge is -2.26. The van der Waals surface area contributed by atoms with E-state index in [-0.39, 0.29) is 5.91 Å². The minimum Gasteiger partial charge on any atom is -0.379 e. The van der Waals surface area contributed by atoms with E-state index in [0.29, 0.717) is 29.4 Å². The van der Waals surface area contributed by atoms with Crippen molar-refractivity contribution in [2.45, 2.75) is 6.92 Å². The van der Waals surface area contributed by atoms with Gasteiger partial charge < -0.3 is 15.4 Å². The molecule has 0 radical (unpaired) electrons. The Labute approximate surface area is 158 Å². The van der Waals surface area contributed by atoms with Crippen molar-refractivity contribution in [2.75, 3.05) is 44.7 Å². The van der Waals surface area contributed by atoms with E-state index in [1.807, 2.05) is 6.92 Å². The number of morpholine rings is 1. The van der Waals surface area contributed by atoms with Gasteiger partial charge in [0.25, 0.3) is 5.91 Å². The fraction of sp³-hybridized carbons (Fsp3) is 0.368. The van der Waals surface area contributed by atoms with Gasteiger partial charge in [0.2, 0.25) is 5.95 Å². The summed E-state index contributed by atoms with van der Waals surface area (Å²) in [4.78, 5) is 23.3. The Kier molecular flexibility index (Phi) is 6.30. The van der Waals surface area contributed by atoms with Crippen LogP contribution >= 0.6 is 0 Å². The van der Waals surface area contributed by atoms with Crippen molar-refractivity contribution in [3.05, 3.63) is 47.3 Å². The zero-order valence-electron chi connectivity index (χ0n) is 15.2. The van der Waals surface area contributed by atoms with Crippen LogP contribution < -0.4 is 10.6 Å². The maximum Gasteiger partial charge on any atom is 0.270 e. The molecular weight excluding hydrogens is 344 g/mol. The van der Waals surface area contributed by atoms with Crippen molar-refractivity contribution in [3.63, 3.8) is 0 Å². The minimum atomic E-state index is -0.225. The highest BCUT2D eigenvalue weighted by Gasteiger charge is 2.13. The third-order valence-corrected chi connectivity index (χ3v) is 4.17. The highest BCUT2D eigenvalue weighted by Crippen LogP contribution is 2.14. The number of benzene rings is 1. The fourth-order valence-corrected chi connectivity index (χ4v) is 2.74. The van der Waals surface area contributed by atoms with Crippen LogP contribution in [0.5, 0.6) is 0 Å². The predicted molar refractivity (Wildman–Crippen MR) is 101 cm³/mol. The molecule has 1 fully saturated rings. The van der Waals surface area contributed by atoms with E-state index in [1.54, 1.807) is 30.3 Å². The monoisotopic (exact) mass is 366 g/mol. The van der Waals surface area contributed by atoms with Crippen molar-refractivity contribution in [1.82, 2.24) is 20.2 Å². The third kappa shape index (κ3) is 5.48. The summed E-state index contributed by atoms with van der Waals surface area (Å²) in [7, 11) is 0. The van der Waals surface area contributed by atoms with E-state index < -0.39 is 0 Å². The SMILES string of the molecule is Cc1cc(C(=O)NCCN2CCOCC2)nc(Nc2ccc(C#N)cc2)n1. The van der Waals surface area contributed by atoms with Gasteiger partial charge in [-0.1, -0.05) is 0 Å². The lowest BCUT2D eigenvalue weighted by molar-refractivity contribution is 0.0383. The van der Waals surface area contributed by atoms with Gasteiger partial charge in [0.1, 0.15) is 5.69 Å². The molecule has 0 spiro atoms. The molecule has 1 saturated heterocycles. The van der Waals surface area contributed by atoms with Gasteiger partial charge in [-0.25, -0.2) is 9.97 Å². The number of carbonyl (C=O) groups is 1.